The number of aliphatic carboxylic acids is 1. The number of urea groups is 1. The Bertz CT molecular complexity index is 1100. The highest BCUT2D eigenvalue weighted by Crippen LogP contribution is 2.29. The number of aromatic nitrogens is 2. The minimum absolute atomic E-state index is 0.132. The van der Waals surface area contributed by atoms with E-state index >= 15 is 0 Å². The van der Waals surface area contributed by atoms with Crippen molar-refractivity contribution in [3.63, 3.8) is 0 Å². The van der Waals surface area contributed by atoms with Crippen LogP contribution in [0.5, 0.6) is 5.88 Å². The van der Waals surface area contributed by atoms with Gasteiger partial charge in [0, 0.05) is 44.1 Å². The van der Waals surface area contributed by atoms with Gasteiger partial charge in [0.25, 0.3) is 0 Å². The molecule has 2 aromatic heterocycles. The first-order valence-corrected chi connectivity index (χ1v) is 13.3. The molecule has 0 aliphatic carbocycles. The molecular formula is C27H40N6O7. The van der Waals surface area contributed by atoms with Gasteiger partial charge in [0.2, 0.25) is 5.88 Å². The average Bonchev–Trinajstić information content (AvgIpc) is 3.35. The Hall–Kier alpha value is -3.52. The minimum Gasteiger partial charge on any atom is -0.481 e. The van der Waals surface area contributed by atoms with Crippen LogP contribution >= 0.6 is 0 Å². The van der Waals surface area contributed by atoms with Crippen molar-refractivity contribution in [2.24, 2.45) is 5.73 Å². The van der Waals surface area contributed by atoms with Crippen LogP contribution in [0, 0.1) is 0 Å². The van der Waals surface area contributed by atoms with Crippen molar-refractivity contribution >= 4 is 17.8 Å². The van der Waals surface area contributed by atoms with E-state index in [0.29, 0.717) is 31.1 Å². The van der Waals surface area contributed by atoms with E-state index in [-0.39, 0.29) is 12.5 Å². The highest BCUT2D eigenvalue weighted by Gasteiger charge is 2.35. The van der Waals surface area contributed by atoms with E-state index in [2.05, 4.69) is 22.4 Å². The summed E-state index contributed by atoms with van der Waals surface area (Å²) in [7, 11) is 1.52. The van der Waals surface area contributed by atoms with Crippen LogP contribution in [0.2, 0.25) is 0 Å². The Morgan fingerprint density at radius 3 is 2.52 bits per heavy atom. The first-order chi connectivity index (χ1) is 19.2. The van der Waals surface area contributed by atoms with Gasteiger partial charge in [0.15, 0.2) is 0 Å². The minimum atomic E-state index is -1.21. The van der Waals surface area contributed by atoms with Crippen molar-refractivity contribution in [2.45, 2.75) is 43.7 Å². The molecule has 0 spiro atoms. The summed E-state index contributed by atoms with van der Waals surface area (Å²) in [6, 6.07) is 6.98. The number of hydrogen-bond acceptors (Lipinski definition) is 10. The van der Waals surface area contributed by atoms with E-state index in [4.69, 9.17) is 30.8 Å². The van der Waals surface area contributed by atoms with Gasteiger partial charge >= 0.3 is 12.0 Å². The van der Waals surface area contributed by atoms with Crippen LogP contribution in [0.15, 0.2) is 30.5 Å². The van der Waals surface area contributed by atoms with Gasteiger partial charge in [-0.3, -0.25) is 4.79 Å². The largest absolute Gasteiger partial charge is 0.481 e. The van der Waals surface area contributed by atoms with Crippen LogP contribution in [-0.2, 0) is 17.6 Å². The van der Waals surface area contributed by atoms with E-state index in [0.717, 1.165) is 43.7 Å². The summed E-state index contributed by atoms with van der Waals surface area (Å²) in [6.45, 7) is 1.44. The third-order valence-electron chi connectivity index (χ3n) is 6.98. The quantitative estimate of drug-likeness (QED) is 0.210. The summed E-state index contributed by atoms with van der Waals surface area (Å²) in [5.41, 5.74) is 6.92. The summed E-state index contributed by atoms with van der Waals surface area (Å²) >= 11 is 0. The van der Waals surface area contributed by atoms with Crippen LogP contribution in [0.3, 0.4) is 0 Å². The van der Waals surface area contributed by atoms with Gasteiger partial charge in [-0.2, -0.15) is 0 Å². The van der Waals surface area contributed by atoms with Crippen molar-refractivity contribution in [2.75, 3.05) is 58.4 Å². The van der Waals surface area contributed by atoms with Crippen LogP contribution in [0.25, 0.3) is 0 Å². The molecule has 13 heteroatoms. The van der Waals surface area contributed by atoms with E-state index < -0.39 is 37.4 Å². The van der Waals surface area contributed by atoms with Gasteiger partial charge in [0.1, 0.15) is 5.82 Å². The molecule has 0 radical (unpaired) electrons. The maximum Gasteiger partial charge on any atom is 0.320 e. The molecule has 13 nitrogen and oxygen atoms in total. The van der Waals surface area contributed by atoms with Gasteiger partial charge < -0.3 is 46.0 Å². The number of carboxylic acids is 1. The molecule has 0 aromatic carbocycles. The molecule has 1 unspecified atom stereocenters. The molecule has 1 saturated heterocycles. The molecule has 4 rings (SSSR count). The average molecular weight is 561 g/mol. The Morgan fingerprint density at radius 2 is 1.93 bits per heavy atom. The fourth-order valence-corrected chi connectivity index (χ4v) is 4.49. The predicted molar refractivity (Wildman–Crippen MR) is 147 cm³/mol. The fourth-order valence-electron chi connectivity index (χ4n) is 4.49. The number of carboxylic acid groups (broad SMARTS) is 1. The number of ether oxygens (including phenoxy) is 1. The zero-order valence-electron chi connectivity index (χ0n) is 22.8. The highest BCUT2D eigenvalue weighted by molar-refractivity contribution is 5.78. The van der Waals surface area contributed by atoms with Gasteiger partial charge in [-0.05, 0) is 42.9 Å². The summed E-state index contributed by atoms with van der Waals surface area (Å²) in [6.07, 6.45) is 5.21. The second kappa shape index (κ2) is 14.7. The second-order valence-electron chi connectivity index (χ2n) is 9.99. The lowest BCUT2D eigenvalue weighted by atomic mass is 10.0. The number of carbonyl (C=O) groups excluding carboxylic acids is 1. The molecule has 220 valence electrons. The molecule has 1 fully saturated rings. The second-order valence-corrected chi connectivity index (χ2v) is 9.99. The van der Waals surface area contributed by atoms with E-state index in [9.17, 15) is 14.7 Å². The zero-order valence-corrected chi connectivity index (χ0v) is 22.8. The molecule has 0 saturated carbocycles. The molecule has 2 amide bonds. The Labute approximate surface area is 233 Å². The van der Waals surface area contributed by atoms with Crippen molar-refractivity contribution in [1.29, 1.82) is 0 Å². The first kappa shape index (κ1) is 31.0. The SMILES string of the molecule is COc1ccc(C(CC(=O)O)N2CCN(CCCc3ccc4c(n3)NCCC4)C2=O)cn1.NC(CO)(CO)CO. The fraction of sp³-hybridized carbons (Fsp3) is 0.556. The lowest BCUT2D eigenvalue weighted by Crippen LogP contribution is -2.50. The number of nitrogens with zero attached hydrogens (tertiary/aromatic N) is 4. The maximum atomic E-state index is 13.0. The number of hydrogen-bond donors (Lipinski definition) is 6. The Kier molecular flexibility index (Phi) is 11.4. The lowest BCUT2D eigenvalue weighted by Gasteiger charge is -2.27. The number of amides is 2. The number of nitrogens with one attached hydrogen (secondary N) is 1. The van der Waals surface area contributed by atoms with Crippen molar-refractivity contribution < 1.29 is 34.8 Å². The lowest BCUT2D eigenvalue weighted by molar-refractivity contribution is -0.138. The van der Waals surface area contributed by atoms with E-state index in [1.807, 2.05) is 0 Å². The van der Waals surface area contributed by atoms with E-state index in [1.165, 1.54) is 12.7 Å². The molecule has 40 heavy (non-hydrogen) atoms. The van der Waals surface area contributed by atoms with Crippen molar-refractivity contribution in [1.82, 2.24) is 19.8 Å². The van der Waals surface area contributed by atoms with Gasteiger partial charge in [-0.25, -0.2) is 14.8 Å². The maximum absolute atomic E-state index is 13.0. The first-order valence-electron chi connectivity index (χ1n) is 13.3. The van der Waals surface area contributed by atoms with Crippen LogP contribution in [0.1, 0.15) is 42.1 Å². The standard InChI is InChI=1S/C23H29N5O4.C4H11NO3/c1-32-20-9-7-17(15-25-20)19(14-21(29)30)28-13-12-27(23(28)31)11-3-5-18-8-6-16-4-2-10-24-22(16)26-18;5-4(1-6,2-7)3-8/h6-9,15,19H,2-5,10-14H2,1H3,(H,24,26)(H,29,30);6-8H,1-3,5H2. The Morgan fingerprint density at radius 1 is 1.18 bits per heavy atom. The number of rotatable bonds is 12. The van der Waals surface area contributed by atoms with Crippen LogP contribution < -0.4 is 15.8 Å². The third kappa shape index (κ3) is 8.24. The number of anilines is 1. The summed E-state index contributed by atoms with van der Waals surface area (Å²) in [5, 5.41) is 37.8. The molecule has 4 heterocycles. The predicted octanol–water partition coefficient (Wildman–Crippen LogP) is 0.390. The monoisotopic (exact) mass is 560 g/mol. The number of aliphatic hydroxyl groups is 3. The molecule has 0 bridgehead atoms. The summed E-state index contributed by atoms with van der Waals surface area (Å²) < 4.78 is 5.08. The number of carbonyl (C=O) groups is 2. The summed E-state index contributed by atoms with van der Waals surface area (Å²) in [4.78, 5) is 36.8. The molecule has 1 atom stereocenters. The number of fused-ring (bicyclic) bond motifs is 1. The van der Waals surface area contributed by atoms with Gasteiger partial charge in [-0.1, -0.05) is 12.1 Å². The number of methoxy groups -OCH3 is 1. The molecule has 7 N–H and O–H groups in total. The molecule has 2 aromatic rings. The zero-order chi connectivity index (χ0) is 29.1. The third-order valence-corrected chi connectivity index (χ3v) is 6.98. The van der Waals surface area contributed by atoms with Gasteiger partial charge in [-0.15, -0.1) is 0 Å². The van der Waals surface area contributed by atoms with Crippen molar-refractivity contribution in [3.05, 3.63) is 47.3 Å². The normalized spacial score (nSPS) is 15.6. The Balaban J connectivity index is 0.000000482. The van der Waals surface area contributed by atoms with Crippen LogP contribution in [0.4, 0.5) is 10.6 Å². The number of aryl methyl sites for hydroxylation is 2. The molecular weight excluding hydrogens is 520 g/mol. The number of nitrogens with two attached hydrogens (primary N) is 1. The van der Waals surface area contributed by atoms with Crippen molar-refractivity contribution in [3.8, 4) is 5.88 Å². The highest BCUT2D eigenvalue weighted by atomic mass is 16.5. The number of aliphatic hydroxyl groups excluding tert-OH is 3. The topological polar surface area (TPSA) is 195 Å². The van der Waals surface area contributed by atoms with Crippen LogP contribution in [-0.4, -0.2) is 111 Å². The summed E-state index contributed by atoms with van der Waals surface area (Å²) in [5.74, 6) is 0.481. The van der Waals surface area contributed by atoms with Gasteiger partial charge in [0.05, 0.1) is 44.9 Å². The molecule has 2 aliphatic heterocycles. The van der Waals surface area contributed by atoms with E-state index in [1.54, 1.807) is 28.1 Å². The smallest absolute Gasteiger partial charge is 0.320 e. The number of pyridine rings is 2. The molecule has 2 aliphatic rings.